The second kappa shape index (κ2) is 5.17. The van der Waals surface area contributed by atoms with E-state index in [9.17, 15) is 24.6 Å². The van der Waals surface area contributed by atoms with Crippen LogP contribution in [0.3, 0.4) is 0 Å². The van der Waals surface area contributed by atoms with Crippen LogP contribution >= 0.6 is 0 Å². The number of carbonyl (C=O) groups excluding carboxylic acids is 3. The summed E-state index contributed by atoms with van der Waals surface area (Å²) in [6, 6.07) is 0. The van der Waals surface area contributed by atoms with E-state index in [0.29, 0.717) is 25.7 Å². The summed E-state index contributed by atoms with van der Waals surface area (Å²) in [7, 11) is 0. The maximum atomic E-state index is 13.9. The van der Waals surface area contributed by atoms with E-state index in [1.165, 1.54) is 6.08 Å². The molecule has 0 amide bonds. The number of ketones is 1. The SMILES string of the molecule is CC12CC34CCC5(C=CC(=O)OC5(C)C)C(C)(O)C3CC(C)(C1=O)C41COC(=O)C1C2O. The molecule has 5 saturated carbocycles. The fourth-order valence-corrected chi connectivity index (χ4v) is 10.3. The molecule has 9 atom stereocenters. The van der Waals surface area contributed by atoms with E-state index >= 15 is 0 Å². The van der Waals surface area contributed by atoms with Crippen LogP contribution in [-0.2, 0) is 23.9 Å². The molecule has 2 N–H and O–H groups in total. The molecule has 2 aliphatic heterocycles. The molecule has 0 radical (unpaired) electrons. The van der Waals surface area contributed by atoms with Crippen molar-refractivity contribution in [2.24, 2.45) is 38.9 Å². The highest BCUT2D eigenvalue weighted by molar-refractivity contribution is 5.98. The van der Waals surface area contributed by atoms with Gasteiger partial charge in [0.25, 0.3) is 0 Å². The first kappa shape index (κ1) is 20.8. The zero-order valence-corrected chi connectivity index (χ0v) is 19.4. The number of carbonyl (C=O) groups is 3. The van der Waals surface area contributed by atoms with Crippen LogP contribution in [0.25, 0.3) is 0 Å². The highest BCUT2D eigenvalue weighted by Gasteiger charge is 2.91. The Labute approximate surface area is 187 Å². The Morgan fingerprint density at radius 3 is 2.41 bits per heavy atom. The highest BCUT2D eigenvalue weighted by atomic mass is 16.6. The Balaban J connectivity index is 1.61. The molecule has 174 valence electrons. The summed E-state index contributed by atoms with van der Waals surface area (Å²) < 4.78 is 11.4. The van der Waals surface area contributed by atoms with Crippen molar-refractivity contribution in [3.63, 3.8) is 0 Å². The van der Waals surface area contributed by atoms with Gasteiger partial charge in [-0.1, -0.05) is 19.9 Å². The van der Waals surface area contributed by atoms with Crippen LogP contribution in [0.5, 0.6) is 0 Å². The monoisotopic (exact) mass is 444 g/mol. The molecular formula is C25H32O7. The summed E-state index contributed by atoms with van der Waals surface area (Å²) in [5.41, 5.74) is -6.36. The number of rotatable bonds is 0. The van der Waals surface area contributed by atoms with Crippen molar-refractivity contribution in [1.82, 2.24) is 0 Å². The van der Waals surface area contributed by atoms with Crippen LogP contribution in [0.15, 0.2) is 12.2 Å². The number of ether oxygens (including phenoxy) is 2. The molecule has 32 heavy (non-hydrogen) atoms. The Morgan fingerprint density at radius 1 is 1.06 bits per heavy atom. The molecule has 4 bridgehead atoms. The minimum atomic E-state index is -1.30. The summed E-state index contributed by atoms with van der Waals surface area (Å²) in [5, 5.41) is 23.7. The number of Topliss-reactive ketones (excluding diaryl/α,β-unsaturated/α-hetero) is 1. The quantitative estimate of drug-likeness (QED) is 0.550. The summed E-state index contributed by atoms with van der Waals surface area (Å²) in [6.07, 6.45) is 4.22. The van der Waals surface area contributed by atoms with E-state index in [2.05, 4.69) is 0 Å². The highest BCUT2D eigenvalue weighted by Crippen LogP contribution is 2.86. The third kappa shape index (κ3) is 1.64. The molecule has 3 spiro atoms. The van der Waals surface area contributed by atoms with E-state index < -0.39 is 62.2 Å². The van der Waals surface area contributed by atoms with Crippen LogP contribution in [0, 0.1) is 38.9 Å². The van der Waals surface area contributed by atoms with Gasteiger partial charge in [-0.2, -0.15) is 0 Å². The Kier molecular flexibility index (Phi) is 3.37. The summed E-state index contributed by atoms with van der Waals surface area (Å²) in [6.45, 7) is 9.33. The molecule has 6 fully saturated rings. The summed E-state index contributed by atoms with van der Waals surface area (Å²) >= 11 is 0. The predicted molar refractivity (Wildman–Crippen MR) is 111 cm³/mol. The van der Waals surface area contributed by atoms with Gasteiger partial charge in [0.05, 0.1) is 35.1 Å². The van der Waals surface area contributed by atoms with Crippen LogP contribution in [0.4, 0.5) is 0 Å². The van der Waals surface area contributed by atoms with Crippen molar-refractivity contribution < 1.29 is 34.1 Å². The first-order chi connectivity index (χ1) is 14.7. The van der Waals surface area contributed by atoms with Crippen LogP contribution < -0.4 is 0 Å². The van der Waals surface area contributed by atoms with Gasteiger partial charge in [0.2, 0.25) is 0 Å². The molecule has 0 aromatic heterocycles. The van der Waals surface area contributed by atoms with Crippen molar-refractivity contribution in [2.75, 3.05) is 6.61 Å². The van der Waals surface area contributed by atoms with Gasteiger partial charge < -0.3 is 19.7 Å². The molecule has 5 aliphatic carbocycles. The standard InChI is InChI=1S/C25H32O7/c1-19(2)24(7-6-14(26)32-19)9-8-23-11-20(3)16(27)15-17(28)31-12-25(15,23)21(4,18(20)29)10-13(23)22(24,5)30/h6-7,13,15-16,27,30H,8-12H2,1-5H3. The predicted octanol–water partition coefficient (Wildman–Crippen LogP) is 1.93. The topological polar surface area (TPSA) is 110 Å². The number of aliphatic hydroxyl groups excluding tert-OH is 1. The van der Waals surface area contributed by atoms with E-state index in [0.717, 1.165) is 0 Å². The Hall–Kier alpha value is -1.73. The molecular weight excluding hydrogens is 412 g/mol. The van der Waals surface area contributed by atoms with E-state index in [4.69, 9.17) is 9.47 Å². The van der Waals surface area contributed by atoms with Gasteiger partial charge in [0.15, 0.2) is 0 Å². The fraction of sp³-hybridized carbons (Fsp3) is 0.800. The molecule has 7 heteroatoms. The smallest absolute Gasteiger partial charge is 0.331 e. The maximum Gasteiger partial charge on any atom is 0.331 e. The van der Waals surface area contributed by atoms with Gasteiger partial charge in [-0.25, -0.2) is 4.79 Å². The lowest BCUT2D eigenvalue weighted by molar-refractivity contribution is -0.281. The molecule has 2 heterocycles. The Bertz CT molecular complexity index is 1030. The summed E-state index contributed by atoms with van der Waals surface area (Å²) in [4.78, 5) is 39.0. The van der Waals surface area contributed by atoms with Crippen LogP contribution in [-0.4, -0.2) is 51.8 Å². The van der Waals surface area contributed by atoms with Gasteiger partial charge in [0, 0.05) is 16.9 Å². The zero-order valence-electron chi connectivity index (χ0n) is 19.4. The van der Waals surface area contributed by atoms with Crippen LogP contribution in [0.1, 0.15) is 60.3 Å². The fourth-order valence-electron chi connectivity index (χ4n) is 10.3. The van der Waals surface area contributed by atoms with Crippen molar-refractivity contribution >= 4 is 17.7 Å². The maximum absolute atomic E-state index is 13.9. The zero-order chi connectivity index (χ0) is 23.3. The first-order valence-corrected chi connectivity index (χ1v) is 11.7. The second-order valence-electron chi connectivity index (χ2n) is 12.6. The molecule has 7 rings (SSSR count). The molecule has 9 unspecified atom stereocenters. The van der Waals surface area contributed by atoms with Crippen molar-refractivity contribution in [3.8, 4) is 0 Å². The third-order valence-corrected chi connectivity index (χ3v) is 11.5. The van der Waals surface area contributed by atoms with Gasteiger partial charge >= 0.3 is 11.9 Å². The number of hydrogen-bond acceptors (Lipinski definition) is 7. The van der Waals surface area contributed by atoms with E-state index in [-0.39, 0.29) is 18.3 Å². The molecule has 0 aromatic carbocycles. The number of cyclic esters (lactones) is 2. The number of aliphatic hydroxyl groups is 2. The lowest BCUT2D eigenvalue weighted by atomic mass is 9.31. The molecule has 1 saturated heterocycles. The minimum absolute atomic E-state index is 0.0122. The van der Waals surface area contributed by atoms with E-state index in [1.54, 1.807) is 6.92 Å². The van der Waals surface area contributed by atoms with Crippen LogP contribution in [0.2, 0.25) is 0 Å². The first-order valence-electron chi connectivity index (χ1n) is 11.7. The largest absolute Gasteiger partial charge is 0.465 e. The minimum Gasteiger partial charge on any atom is -0.465 e. The van der Waals surface area contributed by atoms with Crippen molar-refractivity contribution in [2.45, 2.75) is 77.6 Å². The number of hydrogen-bond donors (Lipinski definition) is 2. The summed E-state index contributed by atoms with van der Waals surface area (Å²) in [5.74, 6) is -1.93. The van der Waals surface area contributed by atoms with Gasteiger partial charge in [-0.3, -0.25) is 9.59 Å². The van der Waals surface area contributed by atoms with E-state index in [1.807, 2.05) is 33.8 Å². The van der Waals surface area contributed by atoms with Gasteiger partial charge in [0.1, 0.15) is 11.4 Å². The van der Waals surface area contributed by atoms with Gasteiger partial charge in [-0.05, 0) is 57.8 Å². The average molecular weight is 445 g/mol. The number of esters is 2. The lowest BCUT2D eigenvalue weighted by Gasteiger charge is -2.71. The van der Waals surface area contributed by atoms with Gasteiger partial charge in [-0.15, -0.1) is 0 Å². The average Bonchev–Trinajstić information content (AvgIpc) is 3.13. The molecule has 7 nitrogen and oxygen atoms in total. The third-order valence-electron chi connectivity index (χ3n) is 11.5. The Morgan fingerprint density at radius 2 is 1.75 bits per heavy atom. The van der Waals surface area contributed by atoms with Crippen molar-refractivity contribution in [1.29, 1.82) is 0 Å². The molecule has 0 aromatic rings. The van der Waals surface area contributed by atoms with Crippen molar-refractivity contribution in [3.05, 3.63) is 12.2 Å². The normalized spacial score (nSPS) is 59.1. The molecule has 7 aliphatic rings. The second-order valence-corrected chi connectivity index (χ2v) is 12.6. The lowest BCUT2D eigenvalue weighted by Crippen LogP contribution is -2.77.